The molecule has 7 heteroatoms. The lowest BCUT2D eigenvalue weighted by Gasteiger charge is -2.39. The first kappa shape index (κ1) is 18.6. The molecule has 3 rings (SSSR count). The molecular formula is C20H22N4O3. The molecule has 1 fully saturated rings. The van der Waals surface area contributed by atoms with Crippen LogP contribution >= 0.6 is 0 Å². The number of nitrogens with zero attached hydrogens (tertiary/aromatic N) is 3. The summed E-state index contributed by atoms with van der Waals surface area (Å²) < 4.78 is 0. The van der Waals surface area contributed by atoms with Crippen LogP contribution in [0.1, 0.15) is 31.4 Å². The molecule has 1 aromatic heterocycles. The molecule has 2 atom stereocenters. The van der Waals surface area contributed by atoms with Gasteiger partial charge in [0.2, 0.25) is 5.91 Å². The third-order valence-electron chi connectivity index (χ3n) is 4.72. The molecule has 140 valence electrons. The molecule has 2 unspecified atom stereocenters. The number of likely N-dealkylation sites (N-methyl/N-ethyl adjacent to an activating group) is 1. The smallest absolute Gasteiger partial charge is 0.325 e. The maximum absolute atomic E-state index is 12.8. The molecular weight excluding hydrogens is 344 g/mol. The van der Waals surface area contributed by atoms with E-state index in [4.69, 9.17) is 0 Å². The van der Waals surface area contributed by atoms with E-state index in [0.29, 0.717) is 12.1 Å². The second-order valence-corrected chi connectivity index (χ2v) is 6.41. The van der Waals surface area contributed by atoms with Gasteiger partial charge in [-0.1, -0.05) is 31.2 Å². The lowest BCUT2D eigenvalue weighted by atomic mass is 10.0. The molecule has 1 aliphatic rings. The van der Waals surface area contributed by atoms with Crippen LogP contribution in [-0.2, 0) is 9.59 Å². The quantitative estimate of drug-likeness (QED) is 0.824. The summed E-state index contributed by atoms with van der Waals surface area (Å²) in [6, 6.07) is 11.2. The summed E-state index contributed by atoms with van der Waals surface area (Å²) in [5.41, 5.74) is 1.56. The van der Waals surface area contributed by atoms with Gasteiger partial charge in [-0.25, -0.2) is 4.79 Å². The summed E-state index contributed by atoms with van der Waals surface area (Å²) in [7, 11) is 1.64. The highest BCUT2D eigenvalue weighted by atomic mass is 16.2. The number of urea groups is 1. The number of pyridine rings is 1. The van der Waals surface area contributed by atoms with Gasteiger partial charge in [0.15, 0.2) is 0 Å². The highest BCUT2D eigenvalue weighted by Gasteiger charge is 2.47. The number of aromatic nitrogens is 1. The second kappa shape index (κ2) is 7.99. The van der Waals surface area contributed by atoms with Gasteiger partial charge in [0.25, 0.3) is 5.91 Å². The van der Waals surface area contributed by atoms with Crippen LogP contribution in [0.5, 0.6) is 0 Å². The Morgan fingerprint density at radius 1 is 1.26 bits per heavy atom. The molecule has 0 radical (unpaired) electrons. The zero-order valence-corrected chi connectivity index (χ0v) is 15.3. The second-order valence-electron chi connectivity index (χ2n) is 6.41. The summed E-state index contributed by atoms with van der Waals surface area (Å²) in [4.78, 5) is 44.0. The number of amides is 4. The Morgan fingerprint density at radius 2 is 2.00 bits per heavy atom. The maximum atomic E-state index is 12.8. The number of imide groups is 1. The predicted molar refractivity (Wildman–Crippen MR) is 101 cm³/mol. The van der Waals surface area contributed by atoms with Crippen molar-refractivity contribution in [3.63, 3.8) is 0 Å². The molecule has 1 N–H and O–H groups in total. The SMILES string of the molecule is CCC(NC(=O)N1C(=O)CC1C(=O)N(C)c1ccccc1)c1cccnc1. The van der Waals surface area contributed by atoms with E-state index in [9.17, 15) is 14.4 Å². The van der Waals surface area contributed by atoms with E-state index < -0.39 is 12.1 Å². The highest BCUT2D eigenvalue weighted by molar-refractivity contribution is 6.11. The first-order valence-electron chi connectivity index (χ1n) is 8.88. The number of β-lactam (4-membered cyclic amide) rings is 1. The Kier molecular flexibility index (Phi) is 5.49. The number of hydrogen-bond acceptors (Lipinski definition) is 4. The summed E-state index contributed by atoms with van der Waals surface area (Å²) in [5, 5.41) is 2.83. The average molecular weight is 366 g/mol. The Bertz CT molecular complexity index is 826. The van der Waals surface area contributed by atoms with Crippen LogP contribution in [-0.4, -0.2) is 40.8 Å². The number of carbonyl (C=O) groups excluding carboxylic acids is 3. The predicted octanol–water partition coefficient (Wildman–Crippen LogP) is 2.51. The van der Waals surface area contributed by atoms with E-state index in [2.05, 4.69) is 10.3 Å². The first-order valence-corrected chi connectivity index (χ1v) is 8.88. The zero-order valence-electron chi connectivity index (χ0n) is 15.3. The monoisotopic (exact) mass is 366 g/mol. The molecule has 2 aromatic rings. The minimum atomic E-state index is -0.783. The number of likely N-dealkylation sites (tertiary alicyclic amines) is 1. The van der Waals surface area contributed by atoms with Crippen LogP contribution in [0.2, 0.25) is 0 Å². The van der Waals surface area contributed by atoms with Gasteiger partial charge >= 0.3 is 6.03 Å². The van der Waals surface area contributed by atoms with Crippen molar-refractivity contribution in [1.82, 2.24) is 15.2 Å². The summed E-state index contributed by atoms with van der Waals surface area (Å²) >= 11 is 0. The van der Waals surface area contributed by atoms with Crippen LogP contribution in [0.3, 0.4) is 0 Å². The summed E-state index contributed by atoms with van der Waals surface area (Å²) in [6.45, 7) is 1.93. The number of rotatable bonds is 5. The van der Waals surface area contributed by atoms with Crippen LogP contribution in [0.25, 0.3) is 0 Å². The van der Waals surface area contributed by atoms with Crippen molar-refractivity contribution in [3.8, 4) is 0 Å². The van der Waals surface area contributed by atoms with Gasteiger partial charge in [-0.15, -0.1) is 0 Å². The van der Waals surface area contributed by atoms with Gasteiger partial charge in [0.1, 0.15) is 6.04 Å². The van der Waals surface area contributed by atoms with Gasteiger partial charge < -0.3 is 10.2 Å². The molecule has 1 aromatic carbocycles. The fourth-order valence-electron chi connectivity index (χ4n) is 3.09. The van der Waals surface area contributed by atoms with Gasteiger partial charge in [-0.3, -0.25) is 19.5 Å². The van der Waals surface area contributed by atoms with E-state index in [-0.39, 0.29) is 24.3 Å². The third-order valence-corrected chi connectivity index (χ3v) is 4.72. The number of hydrogen-bond donors (Lipinski definition) is 1. The van der Waals surface area contributed by atoms with Crippen molar-refractivity contribution in [3.05, 3.63) is 60.4 Å². The number of para-hydroxylation sites is 1. The maximum Gasteiger partial charge on any atom is 0.325 e. The highest BCUT2D eigenvalue weighted by Crippen LogP contribution is 2.25. The van der Waals surface area contributed by atoms with Crippen molar-refractivity contribution in [2.24, 2.45) is 0 Å². The largest absolute Gasteiger partial charge is 0.331 e. The standard InChI is InChI=1S/C20H22N4O3/c1-3-16(14-8-7-11-21-13-14)22-20(27)24-17(12-18(24)25)19(26)23(2)15-9-5-4-6-10-15/h4-11,13,16-17H,3,12H2,1-2H3,(H,22,27). The first-order chi connectivity index (χ1) is 13.0. The van der Waals surface area contributed by atoms with E-state index >= 15 is 0 Å². The molecule has 0 saturated carbocycles. The van der Waals surface area contributed by atoms with E-state index in [1.54, 1.807) is 37.6 Å². The van der Waals surface area contributed by atoms with Gasteiger partial charge in [0, 0.05) is 25.1 Å². The van der Waals surface area contributed by atoms with Crippen LogP contribution in [0.4, 0.5) is 10.5 Å². The zero-order chi connectivity index (χ0) is 19.4. The Hall–Kier alpha value is -3.22. The van der Waals surface area contributed by atoms with Crippen LogP contribution in [0.15, 0.2) is 54.9 Å². The van der Waals surface area contributed by atoms with E-state index in [0.717, 1.165) is 10.5 Å². The molecule has 0 spiro atoms. The van der Waals surface area contributed by atoms with Crippen LogP contribution < -0.4 is 10.2 Å². The molecule has 7 nitrogen and oxygen atoms in total. The molecule has 1 aliphatic heterocycles. The van der Waals surface area contributed by atoms with Crippen molar-refractivity contribution in [1.29, 1.82) is 0 Å². The van der Waals surface area contributed by atoms with Crippen molar-refractivity contribution < 1.29 is 14.4 Å². The average Bonchev–Trinajstić information content (AvgIpc) is 2.70. The topological polar surface area (TPSA) is 82.6 Å². The van der Waals surface area contributed by atoms with Crippen molar-refractivity contribution in [2.75, 3.05) is 11.9 Å². The van der Waals surface area contributed by atoms with Gasteiger partial charge in [-0.2, -0.15) is 0 Å². The van der Waals surface area contributed by atoms with Crippen molar-refractivity contribution in [2.45, 2.75) is 31.8 Å². The fraction of sp³-hybridized carbons (Fsp3) is 0.300. The number of carbonyl (C=O) groups is 3. The molecule has 1 saturated heterocycles. The fourth-order valence-corrected chi connectivity index (χ4v) is 3.09. The summed E-state index contributed by atoms with van der Waals surface area (Å²) in [6.07, 6.45) is 4.01. The van der Waals surface area contributed by atoms with Gasteiger partial charge in [-0.05, 0) is 30.2 Å². The van der Waals surface area contributed by atoms with Crippen LogP contribution in [0, 0.1) is 0 Å². The normalized spacial score (nSPS) is 17.0. The van der Waals surface area contributed by atoms with Crippen molar-refractivity contribution >= 4 is 23.5 Å². The van der Waals surface area contributed by atoms with E-state index in [1.807, 2.05) is 31.2 Å². The molecule has 27 heavy (non-hydrogen) atoms. The minimum absolute atomic E-state index is 0.0348. The number of nitrogens with one attached hydrogen (secondary N) is 1. The molecule has 4 amide bonds. The Labute approximate surface area is 158 Å². The van der Waals surface area contributed by atoms with E-state index in [1.165, 1.54) is 4.90 Å². The Balaban J connectivity index is 1.70. The van der Waals surface area contributed by atoms with Gasteiger partial charge in [0.05, 0.1) is 12.5 Å². The number of benzene rings is 1. The molecule has 2 heterocycles. The Morgan fingerprint density at radius 3 is 2.59 bits per heavy atom. The number of anilines is 1. The summed E-state index contributed by atoms with van der Waals surface area (Å²) in [5.74, 6) is -0.640. The lowest BCUT2D eigenvalue weighted by Crippen LogP contribution is -2.64. The minimum Gasteiger partial charge on any atom is -0.331 e. The molecule has 0 bridgehead atoms. The third kappa shape index (κ3) is 3.81. The lowest BCUT2D eigenvalue weighted by molar-refractivity contribution is -0.147. The molecule has 0 aliphatic carbocycles.